The van der Waals surface area contributed by atoms with Crippen LogP contribution in [0.2, 0.25) is 0 Å². The van der Waals surface area contributed by atoms with E-state index in [0.717, 1.165) is 36.1 Å². The van der Waals surface area contributed by atoms with Crippen LogP contribution in [0.3, 0.4) is 0 Å². The van der Waals surface area contributed by atoms with Crippen molar-refractivity contribution in [3.8, 4) is 0 Å². The Labute approximate surface area is 141 Å². The van der Waals surface area contributed by atoms with E-state index in [4.69, 9.17) is 0 Å². The average Bonchev–Trinajstić information content (AvgIpc) is 3.02. The van der Waals surface area contributed by atoms with Crippen LogP contribution in [0.15, 0.2) is 48.5 Å². The third-order valence-corrected chi connectivity index (χ3v) is 4.90. The van der Waals surface area contributed by atoms with Crippen molar-refractivity contribution in [2.24, 2.45) is 5.92 Å². The van der Waals surface area contributed by atoms with Crippen molar-refractivity contribution in [3.05, 3.63) is 65.5 Å². The molecule has 0 unspecified atom stereocenters. The van der Waals surface area contributed by atoms with Crippen molar-refractivity contribution in [2.45, 2.75) is 25.8 Å². The number of benzene rings is 2. The van der Waals surface area contributed by atoms with E-state index in [9.17, 15) is 4.79 Å². The summed E-state index contributed by atoms with van der Waals surface area (Å²) in [6.07, 6.45) is 2.77. The Morgan fingerprint density at radius 2 is 1.92 bits per heavy atom. The first kappa shape index (κ1) is 14.9. The van der Waals surface area contributed by atoms with E-state index in [0.29, 0.717) is 6.54 Å². The van der Waals surface area contributed by atoms with Gasteiger partial charge < -0.3 is 9.88 Å². The standard InChI is InChI=1S/C20H21N3O/c1-23(13-19-21-17-8-4-5-9-18(17)22-19)20(24)16-11-10-14-6-2-3-7-15(14)12-16/h2-9,16H,10-13H2,1H3,(H,21,22)/t16-/m0/s1. The highest BCUT2D eigenvalue weighted by molar-refractivity contribution is 5.79. The van der Waals surface area contributed by atoms with E-state index in [2.05, 4.69) is 34.2 Å². The highest BCUT2D eigenvalue weighted by Crippen LogP contribution is 2.26. The minimum atomic E-state index is 0.0780. The molecule has 0 saturated carbocycles. The molecule has 2 aromatic carbocycles. The molecule has 0 fully saturated rings. The molecule has 1 aromatic heterocycles. The number of carbonyl (C=O) groups excluding carboxylic acids is 1. The van der Waals surface area contributed by atoms with Crippen LogP contribution in [-0.2, 0) is 24.2 Å². The molecular formula is C20H21N3O. The van der Waals surface area contributed by atoms with E-state index in [1.54, 1.807) is 4.90 Å². The molecule has 1 heterocycles. The van der Waals surface area contributed by atoms with Crippen molar-refractivity contribution in [1.82, 2.24) is 14.9 Å². The summed E-state index contributed by atoms with van der Waals surface area (Å²) in [5.41, 5.74) is 4.67. The van der Waals surface area contributed by atoms with Gasteiger partial charge in [-0.15, -0.1) is 0 Å². The number of carbonyl (C=O) groups is 1. The number of rotatable bonds is 3. The van der Waals surface area contributed by atoms with Gasteiger partial charge in [-0.3, -0.25) is 4.79 Å². The molecule has 4 rings (SSSR count). The number of para-hydroxylation sites is 2. The molecule has 1 aliphatic rings. The van der Waals surface area contributed by atoms with Crippen LogP contribution < -0.4 is 0 Å². The molecular weight excluding hydrogens is 298 g/mol. The van der Waals surface area contributed by atoms with E-state index in [1.165, 1.54) is 11.1 Å². The zero-order valence-electron chi connectivity index (χ0n) is 13.8. The normalized spacial score (nSPS) is 16.8. The number of H-pyrrole nitrogens is 1. The maximum Gasteiger partial charge on any atom is 0.226 e. The van der Waals surface area contributed by atoms with Crippen molar-refractivity contribution >= 4 is 16.9 Å². The second-order valence-electron chi connectivity index (χ2n) is 6.60. The fourth-order valence-corrected chi connectivity index (χ4v) is 3.60. The average molecular weight is 319 g/mol. The van der Waals surface area contributed by atoms with Gasteiger partial charge >= 0.3 is 0 Å². The van der Waals surface area contributed by atoms with Crippen LogP contribution in [0, 0.1) is 5.92 Å². The molecule has 4 heteroatoms. The number of aromatic amines is 1. The number of hydrogen-bond donors (Lipinski definition) is 1. The lowest BCUT2D eigenvalue weighted by Gasteiger charge is -2.27. The van der Waals surface area contributed by atoms with Gasteiger partial charge in [0.15, 0.2) is 0 Å². The summed E-state index contributed by atoms with van der Waals surface area (Å²) >= 11 is 0. The molecule has 3 aromatic rings. The Kier molecular flexibility index (Phi) is 3.81. The molecule has 4 nitrogen and oxygen atoms in total. The summed E-state index contributed by atoms with van der Waals surface area (Å²) in [4.78, 5) is 22.5. The molecule has 1 atom stereocenters. The molecule has 0 aliphatic heterocycles. The van der Waals surface area contributed by atoms with Crippen LogP contribution in [0.4, 0.5) is 0 Å². The van der Waals surface area contributed by atoms with Gasteiger partial charge in [-0.25, -0.2) is 4.98 Å². The third kappa shape index (κ3) is 2.80. The second kappa shape index (κ2) is 6.11. The molecule has 0 spiro atoms. The lowest BCUT2D eigenvalue weighted by atomic mass is 9.83. The lowest BCUT2D eigenvalue weighted by molar-refractivity contribution is -0.135. The molecule has 24 heavy (non-hydrogen) atoms. The molecule has 122 valence electrons. The number of hydrogen-bond acceptors (Lipinski definition) is 2. The number of nitrogens with one attached hydrogen (secondary N) is 1. The maximum atomic E-state index is 12.8. The molecule has 1 amide bonds. The van der Waals surface area contributed by atoms with Gasteiger partial charge in [0.2, 0.25) is 5.91 Å². The SMILES string of the molecule is CN(Cc1nc2ccccc2[nH]1)C(=O)[C@H]1CCc2ccccc2C1. The fourth-order valence-electron chi connectivity index (χ4n) is 3.60. The van der Waals surface area contributed by atoms with Gasteiger partial charge in [0.1, 0.15) is 5.82 Å². The Balaban J connectivity index is 1.46. The predicted octanol–water partition coefficient (Wildman–Crippen LogP) is 3.33. The minimum absolute atomic E-state index is 0.0780. The van der Waals surface area contributed by atoms with Crippen molar-refractivity contribution in [1.29, 1.82) is 0 Å². The van der Waals surface area contributed by atoms with Gasteiger partial charge in [-0.1, -0.05) is 36.4 Å². The van der Waals surface area contributed by atoms with E-state index in [-0.39, 0.29) is 11.8 Å². The molecule has 0 bridgehead atoms. The zero-order valence-corrected chi connectivity index (χ0v) is 13.8. The van der Waals surface area contributed by atoms with Crippen LogP contribution in [-0.4, -0.2) is 27.8 Å². The Morgan fingerprint density at radius 1 is 1.17 bits per heavy atom. The zero-order chi connectivity index (χ0) is 16.5. The fraction of sp³-hybridized carbons (Fsp3) is 0.300. The van der Waals surface area contributed by atoms with Gasteiger partial charge in [0, 0.05) is 13.0 Å². The summed E-state index contributed by atoms with van der Waals surface area (Å²) in [6, 6.07) is 16.4. The number of fused-ring (bicyclic) bond motifs is 2. The molecule has 0 saturated heterocycles. The monoisotopic (exact) mass is 319 g/mol. The van der Waals surface area contributed by atoms with E-state index < -0.39 is 0 Å². The third-order valence-electron chi connectivity index (χ3n) is 4.90. The largest absolute Gasteiger partial charge is 0.340 e. The number of aryl methyl sites for hydroxylation is 1. The van der Waals surface area contributed by atoms with Gasteiger partial charge in [0.25, 0.3) is 0 Å². The quantitative estimate of drug-likeness (QED) is 0.805. The number of aromatic nitrogens is 2. The van der Waals surface area contributed by atoms with Crippen LogP contribution in [0.25, 0.3) is 11.0 Å². The molecule has 1 aliphatic carbocycles. The minimum Gasteiger partial charge on any atom is -0.340 e. The first-order valence-electron chi connectivity index (χ1n) is 8.46. The van der Waals surface area contributed by atoms with Gasteiger partial charge in [0.05, 0.1) is 17.6 Å². The van der Waals surface area contributed by atoms with Crippen molar-refractivity contribution in [3.63, 3.8) is 0 Å². The smallest absolute Gasteiger partial charge is 0.226 e. The topological polar surface area (TPSA) is 49.0 Å². The number of imidazole rings is 1. The predicted molar refractivity (Wildman–Crippen MR) is 94.5 cm³/mol. The highest BCUT2D eigenvalue weighted by atomic mass is 16.2. The Bertz CT molecular complexity index is 850. The van der Waals surface area contributed by atoms with Crippen LogP contribution in [0.1, 0.15) is 23.4 Å². The highest BCUT2D eigenvalue weighted by Gasteiger charge is 2.27. The van der Waals surface area contributed by atoms with Gasteiger partial charge in [-0.2, -0.15) is 0 Å². The van der Waals surface area contributed by atoms with E-state index >= 15 is 0 Å². The second-order valence-corrected chi connectivity index (χ2v) is 6.60. The number of amides is 1. The molecule has 1 N–H and O–H groups in total. The van der Waals surface area contributed by atoms with E-state index in [1.807, 2.05) is 31.3 Å². The maximum absolute atomic E-state index is 12.8. The summed E-state index contributed by atoms with van der Waals surface area (Å²) in [6.45, 7) is 0.520. The summed E-state index contributed by atoms with van der Waals surface area (Å²) in [5.74, 6) is 1.13. The number of nitrogens with zero attached hydrogens (tertiary/aromatic N) is 2. The van der Waals surface area contributed by atoms with Gasteiger partial charge in [-0.05, 0) is 42.5 Å². The van der Waals surface area contributed by atoms with Crippen molar-refractivity contribution in [2.75, 3.05) is 7.05 Å². The van der Waals surface area contributed by atoms with Crippen molar-refractivity contribution < 1.29 is 4.79 Å². The summed E-state index contributed by atoms with van der Waals surface area (Å²) in [5, 5.41) is 0. The Morgan fingerprint density at radius 3 is 2.75 bits per heavy atom. The first-order valence-corrected chi connectivity index (χ1v) is 8.46. The Hall–Kier alpha value is -2.62. The van der Waals surface area contributed by atoms with Crippen LogP contribution in [0.5, 0.6) is 0 Å². The molecule has 0 radical (unpaired) electrons. The lowest BCUT2D eigenvalue weighted by Crippen LogP contribution is -2.35. The summed E-state index contributed by atoms with van der Waals surface area (Å²) < 4.78 is 0. The first-order chi connectivity index (χ1) is 11.7. The summed E-state index contributed by atoms with van der Waals surface area (Å²) in [7, 11) is 1.87. The van der Waals surface area contributed by atoms with Crippen LogP contribution >= 0.6 is 0 Å².